The summed E-state index contributed by atoms with van der Waals surface area (Å²) in [6.07, 6.45) is 3.38. The standard InChI is InChI=1S/C14H24N2O2/c1-5-11-6-7-12(8(11)2)16-10(4)13(17)15-9(3)14(16)18/h8-12H,5-7H2,1-4H3,(H,15,17). The van der Waals surface area contributed by atoms with Crippen LogP contribution in [0.1, 0.15) is 47.0 Å². The van der Waals surface area contributed by atoms with Gasteiger partial charge in [0, 0.05) is 6.04 Å². The lowest BCUT2D eigenvalue weighted by Crippen LogP contribution is -2.64. The molecule has 2 fully saturated rings. The van der Waals surface area contributed by atoms with Crippen molar-refractivity contribution in [3.8, 4) is 0 Å². The smallest absolute Gasteiger partial charge is 0.245 e. The third kappa shape index (κ3) is 2.02. The average molecular weight is 252 g/mol. The second-order valence-electron chi connectivity index (χ2n) is 5.82. The Morgan fingerprint density at radius 3 is 2.44 bits per heavy atom. The highest BCUT2D eigenvalue weighted by atomic mass is 16.2. The van der Waals surface area contributed by atoms with Gasteiger partial charge in [-0.1, -0.05) is 20.3 Å². The van der Waals surface area contributed by atoms with Gasteiger partial charge >= 0.3 is 0 Å². The third-order valence-corrected chi connectivity index (χ3v) is 4.85. The van der Waals surface area contributed by atoms with E-state index in [0.29, 0.717) is 11.8 Å². The van der Waals surface area contributed by atoms with Crippen molar-refractivity contribution in [2.24, 2.45) is 11.8 Å². The van der Waals surface area contributed by atoms with Crippen molar-refractivity contribution in [3.05, 3.63) is 0 Å². The topological polar surface area (TPSA) is 49.4 Å². The van der Waals surface area contributed by atoms with Crippen LogP contribution >= 0.6 is 0 Å². The zero-order valence-electron chi connectivity index (χ0n) is 11.8. The predicted molar refractivity (Wildman–Crippen MR) is 69.9 cm³/mol. The molecule has 1 heterocycles. The van der Waals surface area contributed by atoms with E-state index in [1.807, 2.05) is 11.8 Å². The van der Waals surface area contributed by atoms with Gasteiger partial charge in [-0.3, -0.25) is 9.59 Å². The second kappa shape index (κ2) is 4.90. The van der Waals surface area contributed by atoms with Gasteiger partial charge in [-0.15, -0.1) is 0 Å². The lowest BCUT2D eigenvalue weighted by atomic mass is 9.91. The van der Waals surface area contributed by atoms with Gasteiger partial charge in [-0.25, -0.2) is 0 Å². The predicted octanol–water partition coefficient (Wildman–Crippen LogP) is 1.55. The molecule has 0 bridgehead atoms. The van der Waals surface area contributed by atoms with Gasteiger partial charge in [-0.05, 0) is 38.5 Å². The minimum atomic E-state index is -0.374. The summed E-state index contributed by atoms with van der Waals surface area (Å²) in [7, 11) is 0. The van der Waals surface area contributed by atoms with Gasteiger partial charge in [-0.2, -0.15) is 0 Å². The summed E-state index contributed by atoms with van der Waals surface area (Å²) in [6.45, 7) is 8.05. The van der Waals surface area contributed by atoms with Gasteiger partial charge in [0.25, 0.3) is 0 Å². The Bertz CT molecular complexity index is 356. The van der Waals surface area contributed by atoms with Crippen molar-refractivity contribution in [1.82, 2.24) is 10.2 Å². The minimum absolute atomic E-state index is 0.0192. The molecular formula is C14H24N2O2. The Labute approximate surface area is 109 Å². The highest BCUT2D eigenvalue weighted by Crippen LogP contribution is 2.38. The fourth-order valence-electron chi connectivity index (χ4n) is 3.58. The maximum Gasteiger partial charge on any atom is 0.245 e. The first-order valence-corrected chi connectivity index (χ1v) is 7.09. The molecular weight excluding hydrogens is 228 g/mol. The van der Waals surface area contributed by atoms with Crippen LogP contribution in [0.5, 0.6) is 0 Å². The van der Waals surface area contributed by atoms with Crippen LogP contribution in [0.25, 0.3) is 0 Å². The molecule has 0 radical (unpaired) electrons. The van der Waals surface area contributed by atoms with Gasteiger partial charge in [0.2, 0.25) is 11.8 Å². The van der Waals surface area contributed by atoms with E-state index in [0.717, 1.165) is 12.8 Å². The Morgan fingerprint density at radius 2 is 1.89 bits per heavy atom. The molecule has 0 spiro atoms. The van der Waals surface area contributed by atoms with Gasteiger partial charge in [0.05, 0.1) is 0 Å². The summed E-state index contributed by atoms with van der Waals surface area (Å²) >= 11 is 0. The van der Waals surface area contributed by atoms with Gasteiger partial charge < -0.3 is 10.2 Å². The maximum absolute atomic E-state index is 12.3. The number of hydrogen-bond acceptors (Lipinski definition) is 2. The van der Waals surface area contributed by atoms with Crippen molar-refractivity contribution in [2.45, 2.75) is 65.1 Å². The molecule has 0 aromatic heterocycles. The summed E-state index contributed by atoms with van der Waals surface area (Å²) in [6, 6.07) is -0.454. The van der Waals surface area contributed by atoms with E-state index in [2.05, 4.69) is 19.2 Å². The fraction of sp³-hybridized carbons (Fsp3) is 0.857. The summed E-state index contributed by atoms with van der Waals surface area (Å²) in [5.41, 5.74) is 0. The number of carbonyl (C=O) groups is 2. The lowest BCUT2D eigenvalue weighted by molar-refractivity contribution is -0.151. The SMILES string of the molecule is CCC1CCC(N2C(=O)C(C)NC(=O)C2C)C1C. The Morgan fingerprint density at radius 1 is 1.22 bits per heavy atom. The van der Waals surface area contributed by atoms with E-state index in [9.17, 15) is 9.59 Å². The quantitative estimate of drug-likeness (QED) is 0.810. The molecule has 0 aromatic rings. The molecule has 5 atom stereocenters. The number of rotatable bonds is 2. The van der Waals surface area contributed by atoms with Crippen molar-refractivity contribution in [3.63, 3.8) is 0 Å². The van der Waals surface area contributed by atoms with Crippen molar-refractivity contribution >= 4 is 11.8 Å². The second-order valence-corrected chi connectivity index (χ2v) is 5.82. The van der Waals surface area contributed by atoms with Crippen LogP contribution in [0, 0.1) is 11.8 Å². The van der Waals surface area contributed by atoms with Gasteiger partial charge in [0.15, 0.2) is 0 Å². The van der Waals surface area contributed by atoms with Crippen molar-refractivity contribution in [2.75, 3.05) is 0 Å². The van der Waals surface area contributed by atoms with Crippen LogP contribution in [0.15, 0.2) is 0 Å². The van der Waals surface area contributed by atoms with Crippen LogP contribution in [0.3, 0.4) is 0 Å². The monoisotopic (exact) mass is 252 g/mol. The van der Waals surface area contributed by atoms with E-state index >= 15 is 0 Å². The van der Waals surface area contributed by atoms with Crippen LogP contribution in [-0.4, -0.2) is 34.8 Å². The van der Waals surface area contributed by atoms with Crippen molar-refractivity contribution in [1.29, 1.82) is 0 Å². The average Bonchev–Trinajstić information content (AvgIpc) is 2.69. The zero-order chi connectivity index (χ0) is 13.4. The third-order valence-electron chi connectivity index (χ3n) is 4.85. The molecule has 4 nitrogen and oxygen atoms in total. The first kappa shape index (κ1) is 13.4. The normalized spacial score (nSPS) is 41.1. The number of nitrogens with zero attached hydrogens (tertiary/aromatic N) is 1. The van der Waals surface area contributed by atoms with Gasteiger partial charge in [0.1, 0.15) is 12.1 Å². The van der Waals surface area contributed by atoms with Crippen LogP contribution in [0.2, 0.25) is 0 Å². The molecule has 4 heteroatoms. The first-order chi connectivity index (χ1) is 8.47. The zero-order valence-corrected chi connectivity index (χ0v) is 11.8. The molecule has 18 heavy (non-hydrogen) atoms. The van der Waals surface area contributed by atoms with E-state index in [-0.39, 0.29) is 29.9 Å². The molecule has 1 saturated heterocycles. The largest absolute Gasteiger partial charge is 0.343 e. The number of nitrogens with one attached hydrogen (secondary N) is 1. The lowest BCUT2D eigenvalue weighted by Gasteiger charge is -2.42. The fourth-order valence-corrected chi connectivity index (χ4v) is 3.58. The van der Waals surface area contributed by atoms with Crippen LogP contribution in [0.4, 0.5) is 0 Å². The molecule has 2 rings (SSSR count). The molecule has 1 aliphatic carbocycles. The molecule has 1 N–H and O–H groups in total. The molecule has 102 valence electrons. The number of hydrogen-bond donors (Lipinski definition) is 1. The molecule has 2 amide bonds. The molecule has 0 aromatic carbocycles. The molecule has 2 aliphatic rings. The summed E-state index contributed by atoms with van der Waals surface area (Å²) < 4.78 is 0. The molecule has 1 aliphatic heterocycles. The van der Waals surface area contributed by atoms with E-state index in [4.69, 9.17) is 0 Å². The Hall–Kier alpha value is -1.06. The van der Waals surface area contributed by atoms with E-state index < -0.39 is 0 Å². The van der Waals surface area contributed by atoms with E-state index in [1.165, 1.54) is 6.42 Å². The van der Waals surface area contributed by atoms with Crippen molar-refractivity contribution < 1.29 is 9.59 Å². The molecule has 1 saturated carbocycles. The summed E-state index contributed by atoms with van der Waals surface area (Å²) in [5.74, 6) is 1.25. The molecule has 5 unspecified atom stereocenters. The summed E-state index contributed by atoms with van der Waals surface area (Å²) in [5, 5.41) is 2.74. The first-order valence-electron chi connectivity index (χ1n) is 7.09. The maximum atomic E-state index is 12.3. The Balaban J connectivity index is 2.20. The van der Waals surface area contributed by atoms with E-state index in [1.54, 1.807) is 6.92 Å². The van der Waals surface area contributed by atoms with Crippen LogP contribution in [-0.2, 0) is 9.59 Å². The number of carbonyl (C=O) groups excluding carboxylic acids is 2. The highest BCUT2D eigenvalue weighted by Gasteiger charge is 2.44. The Kier molecular flexibility index (Phi) is 3.64. The summed E-state index contributed by atoms with van der Waals surface area (Å²) in [4.78, 5) is 26.0. The number of amides is 2. The van der Waals surface area contributed by atoms with Crippen LogP contribution < -0.4 is 5.32 Å². The number of piperazine rings is 1. The highest BCUT2D eigenvalue weighted by molar-refractivity contribution is 5.96. The minimum Gasteiger partial charge on any atom is -0.343 e.